The number of hydrogen-bond acceptors (Lipinski definition) is 4. The molecule has 5 rings (SSSR count). The quantitative estimate of drug-likeness (QED) is 0.140. The molecule has 0 bridgehead atoms. The second kappa shape index (κ2) is 11.8. The van der Waals surface area contributed by atoms with E-state index in [-0.39, 0.29) is 5.97 Å². The van der Waals surface area contributed by atoms with E-state index in [1.165, 1.54) is 22.5 Å². The Balaban J connectivity index is 1.67. The summed E-state index contributed by atoms with van der Waals surface area (Å²) in [5.41, 5.74) is 7.22. The van der Waals surface area contributed by atoms with Crippen LogP contribution in [0.25, 0.3) is 22.3 Å². The lowest BCUT2D eigenvalue weighted by Gasteiger charge is -2.36. The summed E-state index contributed by atoms with van der Waals surface area (Å²) < 4.78 is 5.68. The van der Waals surface area contributed by atoms with Gasteiger partial charge in [-0.05, 0) is 53.4 Å². The Kier molecular flexibility index (Phi) is 8.01. The van der Waals surface area contributed by atoms with E-state index in [1.54, 1.807) is 0 Å². The third kappa shape index (κ3) is 5.56. The Morgan fingerprint density at radius 3 is 1.64 bits per heavy atom. The second-order valence-corrected chi connectivity index (χ2v) is 10.8. The van der Waals surface area contributed by atoms with Crippen LogP contribution in [0.3, 0.4) is 0 Å². The molecule has 4 nitrogen and oxygen atoms in total. The van der Waals surface area contributed by atoms with Gasteiger partial charge in [0.05, 0.1) is 13.2 Å². The normalized spacial score (nSPS) is 11.5. The molecule has 0 radical (unpaired) electrons. The molecule has 0 aliphatic heterocycles. The first-order chi connectivity index (χ1) is 19.0. The van der Waals surface area contributed by atoms with Crippen molar-refractivity contribution in [1.82, 2.24) is 9.47 Å². The molecule has 0 fully saturated rings. The Hall–Kier alpha value is -4.06. The van der Waals surface area contributed by atoms with Crippen molar-refractivity contribution in [2.45, 2.75) is 20.8 Å². The van der Waals surface area contributed by atoms with E-state index in [0.29, 0.717) is 22.7 Å². The highest BCUT2D eigenvalue weighted by atomic mass is 32.1. The summed E-state index contributed by atoms with van der Waals surface area (Å²) in [4.78, 5) is 17.5. The summed E-state index contributed by atoms with van der Waals surface area (Å²) in [7, 11) is 0. The van der Waals surface area contributed by atoms with Crippen molar-refractivity contribution in [2.75, 3.05) is 13.2 Å². The zero-order valence-corrected chi connectivity index (χ0v) is 23.4. The highest BCUT2D eigenvalue weighted by Gasteiger charge is 2.40. The van der Waals surface area contributed by atoms with Crippen LogP contribution in [0.15, 0.2) is 115 Å². The van der Waals surface area contributed by atoms with Gasteiger partial charge >= 0.3 is 5.97 Å². The van der Waals surface area contributed by atoms with E-state index in [2.05, 4.69) is 111 Å². The molecule has 5 heteroatoms. The molecule has 0 atom stereocenters. The van der Waals surface area contributed by atoms with Crippen LogP contribution in [-0.2, 0) is 4.74 Å². The molecule has 39 heavy (non-hydrogen) atoms. The van der Waals surface area contributed by atoms with Crippen LogP contribution in [-0.4, -0.2) is 24.1 Å². The van der Waals surface area contributed by atoms with Crippen LogP contribution in [0.2, 0.25) is 0 Å². The maximum Gasteiger partial charge on any atom is 0.358 e. The van der Waals surface area contributed by atoms with E-state index in [1.807, 2.05) is 24.4 Å². The Morgan fingerprint density at radius 1 is 0.744 bits per heavy atom. The lowest BCUT2D eigenvalue weighted by molar-refractivity contribution is 0.0520. The monoisotopic (exact) mass is 533 g/mol. The van der Waals surface area contributed by atoms with Gasteiger partial charge in [0, 0.05) is 35.6 Å². The number of thiazole rings is 1. The van der Waals surface area contributed by atoms with Crippen LogP contribution in [0, 0.1) is 5.92 Å². The molecule has 4 aromatic carbocycles. The average Bonchev–Trinajstić information content (AvgIpc) is 3.48. The van der Waals surface area contributed by atoms with Gasteiger partial charge in [-0.1, -0.05) is 85.8 Å². The fourth-order valence-corrected chi connectivity index (χ4v) is 6.01. The van der Waals surface area contributed by atoms with E-state index in [4.69, 9.17) is 9.72 Å². The molecule has 0 saturated heterocycles. The zero-order valence-electron chi connectivity index (χ0n) is 22.6. The van der Waals surface area contributed by atoms with Crippen LogP contribution in [0.1, 0.15) is 31.3 Å². The molecule has 196 valence electrons. The molecule has 0 amide bonds. The Labute approximate surface area is 234 Å². The fourth-order valence-electron chi connectivity index (χ4n) is 5.02. The molecule has 5 aromatic rings. The number of aromatic nitrogens is 1. The van der Waals surface area contributed by atoms with Crippen LogP contribution in [0.5, 0.6) is 0 Å². The number of esters is 1. The van der Waals surface area contributed by atoms with Gasteiger partial charge < -0.3 is 4.74 Å². The summed E-state index contributed by atoms with van der Waals surface area (Å²) in [6.07, 6.45) is 0. The van der Waals surface area contributed by atoms with Gasteiger partial charge in [-0.15, -0.1) is 0 Å². The van der Waals surface area contributed by atoms with Crippen molar-refractivity contribution in [3.05, 3.63) is 120 Å². The van der Waals surface area contributed by atoms with Gasteiger partial charge in [0.25, 0.3) is 5.13 Å². The maximum atomic E-state index is 12.6. The third-order valence-corrected chi connectivity index (χ3v) is 7.73. The van der Waals surface area contributed by atoms with Crippen LogP contribution < -0.4 is 4.48 Å². The fraction of sp³-hybridized carbons (Fsp3) is 0.176. The molecule has 0 N–H and O–H groups in total. The van der Waals surface area contributed by atoms with Gasteiger partial charge in [-0.25, -0.2) is 9.28 Å². The Bertz CT molecular complexity index is 1430. The number of rotatable bonds is 9. The summed E-state index contributed by atoms with van der Waals surface area (Å²) >= 11 is 1.50. The lowest BCUT2D eigenvalue weighted by Crippen LogP contribution is -2.42. The van der Waals surface area contributed by atoms with Gasteiger partial charge in [0.2, 0.25) is 0 Å². The molecule has 0 aliphatic rings. The average molecular weight is 534 g/mol. The number of nitrogens with zero attached hydrogens (tertiary/aromatic N) is 2. The highest BCUT2D eigenvalue weighted by Crippen LogP contribution is 2.47. The lowest BCUT2D eigenvalue weighted by atomic mass is 10.0. The number of quaternary nitrogens is 1. The summed E-state index contributed by atoms with van der Waals surface area (Å²) in [6, 6.07) is 38.3. The van der Waals surface area contributed by atoms with Crippen molar-refractivity contribution in [3.63, 3.8) is 0 Å². The first-order valence-electron chi connectivity index (χ1n) is 13.3. The number of benzene rings is 4. The smallest absolute Gasteiger partial charge is 0.358 e. The van der Waals surface area contributed by atoms with Crippen LogP contribution >= 0.6 is 11.3 Å². The largest absolute Gasteiger partial charge is 0.461 e. The van der Waals surface area contributed by atoms with Crippen molar-refractivity contribution >= 4 is 33.8 Å². The standard InChI is InChI=1S/C34H33N2O2S/c1-4-38-33(37)32-24-39-34(35-32)36(23-25(2)3,30-19-15-28(16-20-30)26-11-7-5-8-12-26)31-21-17-29(18-22-31)27-13-9-6-10-14-27/h5-22,24-25H,4,23H2,1-3H3/q+1. The number of carbonyl (C=O) groups excluding carboxylic acids is 1. The zero-order chi connectivity index (χ0) is 27.2. The van der Waals surface area contributed by atoms with Crippen LogP contribution in [0.4, 0.5) is 16.5 Å². The minimum Gasteiger partial charge on any atom is -0.461 e. The molecule has 1 aromatic heterocycles. The van der Waals surface area contributed by atoms with Crippen molar-refractivity contribution in [3.8, 4) is 22.3 Å². The first-order valence-corrected chi connectivity index (χ1v) is 14.2. The van der Waals surface area contributed by atoms with Gasteiger partial charge in [-0.2, -0.15) is 4.98 Å². The molecular formula is C34H33N2O2S+. The molecule has 0 unspecified atom stereocenters. The topological polar surface area (TPSA) is 39.2 Å². The molecular weight excluding hydrogens is 500 g/mol. The van der Waals surface area contributed by atoms with Crippen molar-refractivity contribution < 1.29 is 9.53 Å². The first kappa shape index (κ1) is 26.5. The SMILES string of the molecule is CCOC(=O)c1csc([N+](CC(C)C)(c2ccc(-c3ccccc3)cc2)c2ccc(-c3ccccc3)cc2)n1. The third-order valence-electron chi connectivity index (χ3n) is 6.77. The molecule has 0 saturated carbocycles. The van der Waals surface area contributed by atoms with Crippen molar-refractivity contribution in [1.29, 1.82) is 0 Å². The molecule has 1 heterocycles. The predicted molar refractivity (Wildman–Crippen MR) is 163 cm³/mol. The van der Waals surface area contributed by atoms with E-state index >= 15 is 0 Å². The number of hydrogen-bond donors (Lipinski definition) is 0. The van der Waals surface area contributed by atoms with Gasteiger partial charge in [0.1, 0.15) is 11.4 Å². The summed E-state index contributed by atoms with van der Waals surface area (Å²) in [6.45, 7) is 7.37. The summed E-state index contributed by atoms with van der Waals surface area (Å²) in [5, 5.41) is 2.66. The summed E-state index contributed by atoms with van der Waals surface area (Å²) in [5.74, 6) is -0.0379. The van der Waals surface area contributed by atoms with Gasteiger partial charge in [0.15, 0.2) is 5.69 Å². The molecule has 0 spiro atoms. The minimum absolute atomic E-state index is 0.319. The number of carbonyl (C=O) groups is 1. The van der Waals surface area contributed by atoms with E-state index < -0.39 is 0 Å². The second-order valence-electron chi connectivity index (χ2n) is 9.95. The van der Waals surface area contributed by atoms with Gasteiger partial charge in [-0.3, -0.25) is 0 Å². The minimum atomic E-state index is -0.388. The van der Waals surface area contributed by atoms with E-state index in [9.17, 15) is 4.79 Å². The van der Waals surface area contributed by atoms with Crippen molar-refractivity contribution in [2.24, 2.45) is 5.92 Å². The number of ether oxygens (including phenoxy) is 1. The van der Waals surface area contributed by atoms with E-state index in [0.717, 1.165) is 34.2 Å². The predicted octanol–water partition coefficient (Wildman–Crippen LogP) is 9.28. The highest BCUT2D eigenvalue weighted by molar-refractivity contribution is 7.13. The molecule has 0 aliphatic carbocycles. The Morgan fingerprint density at radius 2 is 1.21 bits per heavy atom. The maximum absolute atomic E-state index is 12.6.